The molecule has 0 saturated heterocycles. The summed E-state index contributed by atoms with van der Waals surface area (Å²) in [5.41, 5.74) is 1.63. The molecule has 2 aromatic carbocycles. The number of fused-ring (bicyclic) bond motifs is 1. The fraction of sp³-hybridized carbons (Fsp3) is 0.375. The van der Waals surface area contributed by atoms with Gasteiger partial charge in [0, 0.05) is 25.4 Å². The van der Waals surface area contributed by atoms with Crippen molar-refractivity contribution in [2.75, 3.05) is 25.5 Å². The lowest BCUT2D eigenvalue weighted by molar-refractivity contribution is 0.0325. The third kappa shape index (κ3) is 4.20. The number of carbonyl (C=O) groups excluding carboxylic acids is 1. The molecule has 3 aliphatic rings. The van der Waals surface area contributed by atoms with Crippen LogP contribution in [0.4, 0.5) is 23.7 Å². The summed E-state index contributed by atoms with van der Waals surface area (Å²) in [7, 11) is 1.50. The minimum absolute atomic E-state index is 0.0231. The number of halogens is 3. The van der Waals surface area contributed by atoms with Crippen LogP contribution in [0.3, 0.4) is 0 Å². The number of guanidine groups is 2. The standard InChI is InChI=1S/C24H24F3N5O3/c1-12-3-4-15(35-16-5-13(6-16)11-33)9-19(12)29-22-30-24(34)31(2)23-28-10-20(32(22)23)14-7-17(25)21(27)18(26)8-14/h3-4,7-9,13,16,20,33H,5-6,10-11H2,1-2H3,(H,29,30,34). The summed E-state index contributed by atoms with van der Waals surface area (Å²) >= 11 is 0. The molecule has 1 unspecified atom stereocenters. The lowest BCUT2D eigenvalue weighted by Gasteiger charge is -2.35. The molecular weight excluding hydrogens is 463 g/mol. The van der Waals surface area contributed by atoms with Gasteiger partial charge in [0.25, 0.3) is 0 Å². The Labute approximate surface area is 199 Å². The quantitative estimate of drug-likeness (QED) is 0.627. The first-order valence-corrected chi connectivity index (χ1v) is 11.2. The highest BCUT2D eigenvalue weighted by molar-refractivity contribution is 6.17. The van der Waals surface area contributed by atoms with Crippen LogP contribution >= 0.6 is 0 Å². The van der Waals surface area contributed by atoms with Crippen molar-refractivity contribution in [1.82, 2.24) is 9.80 Å². The maximum Gasteiger partial charge on any atom is 0.353 e. The van der Waals surface area contributed by atoms with Crippen LogP contribution in [0, 0.1) is 30.3 Å². The lowest BCUT2D eigenvalue weighted by atomic mass is 9.83. The number of rotatable bonds is 5. The summed E-state index contributed by atoms with van der Waals surface area (Å²) in [6, 6.07) is 6.06. The maximum absolute atomic E-state index is 14.0. The molecule has 35 heavy (non-hydrogen) atoms. The molecule has 2 aliphatic heterocycles. The molecule has 2 aromatic rings. The predicted molar refractivity (Wildman–Crippen MR) is 123 cm³/mol. The summed E-state index contributed by atoms with van der Waals surface area (Å²) < 4.78 is 47.5. The highest BCUT2D eigenvalue weighted by Gasteiger charge is 2.41. The van der Waals surface area contributed by atoms with E-state index in [-0.39, 0.29) is 42.7 Å². The van der Waals surface area contributed by atoms with Crippen molar-refractivity contribution >= 4 is 23.6 Å². The summed E-state index contributed by atoms with van der Waals surface area (Å²) in [6.07, 6.45) is 1.58. The number of nitrogens with zero attached hydrogens (tertiary/aromatic N) is 4. The highest BCUT2D eigenvalue weighted by atomic mass is 19.2. The minimum atomic E-state index is -1.55. The van der Waals surface area contributed by atoms with Gasteiger partial charge in [-0.05, 0) is 55.0 Å². The van der Waals surface area contributed by atoms with Crippen LogP contribution in [-0.4, -0.2) is 59.2 Å². The molecular formula is C24H24F3N5O3. The van der Waals surface area contributed by atoms with Crippen molar-refractivity contribution < 1.29 is 27.8 Å². The number of aliphatic hydroxyl groups excluding tert-OH is 1. The minimum Gasteiger partial charge on any atom is -0.490 e. The van der Waals surface area contributed by atoms with Crippen LogP contribution < -0.4 is 10.1 Å². The number of amides is 2. The van der Waals surface area contributed by atoms with Crippen molar-refractivity contribution in [2.45, 2.75) is 31.9 Å². The fourth-order valence-electron chi connectivity index (χ4n) is 4.43. The summed E-state index contributed by atoms with van der Waals surface area (Å²) in [4.78, 5) is 23.8. The molecule has 5 rings (SSSR count). The Morgan fingerprint density at radius 3 is 2.57 bits per heavy atom. The topological polar surface area (TPSA) is 89.8 Å². The number of urea groups is 1. The number of aliphatic hydroxyl groups is 1. The molecule has 0 radical (unpaired) electrons. The number of anilines is 1. The monoisotopic (exact) mass is 487 g/mol. The third-order valence-electron chi connectivity index (χ3n) is 6.55. The summed E-state index contributed by atoms with van der Waals surface area (Å²) in [5, 5.41) is 12.4. The number of carbonyl (C=O) groups is 1. The van der Waals surface area contributed by atoms with Crippen LogP contribution in [0.2, 0.25) is 0 Å². The van der Waals surface area contributed by atoms with Crippen LogP contribution in [0.5, 0.6) is 5.75 Å². The number of benzene rings is 2. The van der Waals surface area contributed by atoms with Gasteiger partial charge in [0.15, 0.2) is 17.5 Å². The van der Waals surface area contributed by atoms with Gasteiger partial charge in [-0.15, -0.1) is 0 Å². The molecule has 1 fully saturated rings. The van der Waals surface area contributed by atoms with Crippen molar-refractivity contribution in [3.8, 4) is 5.75 Å². The summed E-state index contributed by atoms with van der Waals surface area (Å²) in [6.45, 7) is 2.11. The number of ether oxygens (including phenoxy) is 1. The van der Waals surface area contributed by atoms with Crippen LogP contribution in [0.15, 0.2) is 40.3 Å². The zero-order valence-electron chi connectivity index (χ0n) is 19.1. The van der Waals surface area contributed by atoms with E-state index in [0.29, 0.717) is 11.4 Å². The zero-order valence-corrected chi connectivity index (χ0v) is 19.1. The number of hydrogen-bond donors (Lipinski definition) is 2. The van der Waals surface area contributed by atoms with Crippen molar-refractivity contribution in [3.63, 3.8) is 0 Å². The Morgan fingerprint density at radius 2 is 1.89 bits per heavy atom. The Hall–Kier alpha value is -3.60. The van der Waals surface area contributed by atoms with Gasteiger partial charge in [0.1, 0.15) is 5.75 Å². The number of aliphatic imine (C=N–C) groups is 2. The molecule has 184 valence electrons. The molecule has 1 atom stereocenters. The second-order valence-corrected chi connectivity index (χ2v) is 8.96. The molecule has 1 saturated carbocycles. The van der Waals surface area contributed by atoms with Gasteiger partial charge in [-0.2, -0.15) is 4.99 Å². The zero-order chi connectivity index (χ0) is 24.9. The largest absolute Gasteiger partial charge is 0.490 e. The smallest absolute Gasteiger partial charge is 0.353 e. The van der Waals surface area contributed by atoms with E-state index in [4.69, 9.17) is 4.74 Å². The third-order valence-corrected chi connectivity index (χ3v) is 6.55. The van der Waals surface area contributed by atoms with E-state index < -0.39 is 29.5 Å². The Balaban J connectivity index is 1.44. The molecule has 0 bridgehead atoms. The van der Waals surface area contributed by atoms with Gasteiger partial charge in [0.2, 0.25) is 11.9 Å². The van der Waals surface area contributed by atoms with Gasteiger partial charge in [0.05, 0.1) is 18.7 Å². The van der Waals surface area contributed by atoms with Gasteiger partial charge >= 0.3 is 6.03 Å². The molecule has 2 N–H and O–H groups in total. The van der Waals surface area contributed by atoms with Gasteiger partial charge in [-0.25, -0.2) is 23.0 Å². The Bertz CT molecular complexity index is 1220. The molecule has 1 aliphatic carbocycles. The second-order valence-electron chi connectivity index (χ2n) is 8.96. The number of aryl methyl sites for hydroxylation is 1. The Morgan fingerprint density at radius 1 is 1.17 bits per heavy atom. The van der Waals surface area contributed by atoms with Crippen LogP contribution in [-0.2, 0) is 0 Å². The average Bonchev–Trinajstić information content (AvgIpc) is 3.25. The van der Waals surface area contributed by atoms with E-state index >= 15 is 0 Å². The Kier molecular flexibility index (Phi) is 5.87. The van der Waals surface area contributed by atoms with Crippen molar-refractivity contribution in [2.24, 2.45) is 15.9 Å². The van der Waals surface area contributed by atoms with E-state index in [1.54, 1.807) is 11.0 Å². The van der Waals surface area contributed by atoms with Gasteiger partial charge < -0.3 is 15.2 Å². The van der Waals surface area contributed by atoms with E-state index in [1.807, 2.05) is 19.1 Å². The normalized spacial score (nSPS) is 23.5. The SMILES string of the molecule is Cc1ccc(OC2CC(CO)C2)cc1NC1=NC(=O)N(C)C2=NCC(c3cc(F)c(F)c(F)c3)N12. The summed E-state index contributed by atoms with van der Waals surface area (Å²) in [5.74, 6) is -2.89. The maximum atomic E-state index is 14.0. The van der Waals surface area contributed by atoms with E-state index in [2.05, 4.69) is 15.3 Å². The first kappa shape index (κ1) is 23.2. The fourth-order valence-corrected chi connectivity index (χ4v) is 4.43. The van der Waals surface area contributed by atoms with E-state index in [1.165, 1.54) is 11.9 Å². The van der Waals surface area contributed by atoms with Gasteiger partial charge in [-0.3, -0.25) is 9.80 Å². The highest BCUT2D eigenvalue weighted by Crippen LogP contribution is 2.35. The lowest BCUT2D eigenvalue weighted by Crippen LogP contribution is -2.53. The number of nitrogens with one attached hydrogen (secondary N) is 1. The van der Waals surface area contributed by atoms with E-state index in [9.17, 15) is 23.1 Å². The van der Waals surface area contributed by atoms with Crippen molar-refractivity contribution in [3.05, 3.63) is 58.9 Å². The molecule has 0 spiro atoms. The molecule has 8 nitrogen and oxygen atoms in total. The van der Waals surface area contributed by atoms with Crippen molar-refractivity contribution in [1.29, 1.82) is 0 Å². The molecule has 0 aromatic heterocycles. The second kappa shape index (κ2) is 8.88. The van der Waals surface area contributed by atoms with Crippen LogP contribution in [0.1, 0.15) is 30.0 Å². The van der Waals surface area contributed by atoms with Gasteiger partial charge in [-0.1, -0.05) is 6.07 Å². The molecule has 2 heterocycles. The van der Waals surface area contributed by atoms with Crippen LogP contribution in [0.25, 0.3) is 0 Å². The van der Waals surface area contributed by atoms with E-state index in [0.717, 1.165) is 30.5 Å². The average molecular weight is 487 g/mol. The predicted octanol–water partition coefficient (Wildman–Crippen LogP) is 3.81. The molecule has 2 amide bonds. The first-order valence-electron chi connectivity index (χ1n) is 11.2. The number of hydrogen-bond acceptors (Lipinski definition) is 6. The molecule has 11 heteroatoms. The first-order chi connectivity index (χ1) is 16.7.